The van der Waals surface area contributed by atoms with Gasteiger partial charge in [-0.15, -0.1) is 11.3 Å². The molecule has 0 amide bonds. The summed E-state index contributed by atoms with van der Waals surface area (Å²) >= 11 is 7.68. The highest BCUT2D eigenvalue weighted by Gasteiger charge is 2.10. The molecule has 0 unspecified atom stereocenters. The highest BCUT2D eigenvalue weighted by Crippen LogP contribution is 2.24. The van der Waals surface area contributed by atoms with E-state index in [2.05, 4.69) is 14.5 Å². The predicted octanol–water partition coefficient (Wildman–Crippen LogP) is 5.53. The SMILES string of the molecule is Fc1ccccc1N=c1scc(-c2cccc(Cl)c2)n1CCCn1ccnc1. The molecule has 0 saturated heterocycles. The third-order valence-electron chi connectivity index (χ3n) is 4.34. The van der Waals surface area contributed by atoms with Crippen LogP contribution in [0.3, 0.4) is 0 Å². The summed E-state index contributed by atoms with van der Waals surface area (Å²) in [4.78, 5) is 9.41. The smallest absolute Gasteiger partial charge is 0.190 e. The lowest BCUT2D eigenvalue weighted by Gasteiger charge is -2.10. The molecular formula is C21H18ClFN4S. The molecule has 0 fully saturated rings. The average Bonchev–Trinajstić information content (AvgIpc) is 3.34. The van der Waals surface area contributed by atoms with Crippen LogP contribution in [0, 0.1) is 5.82 Å². The lowest BCUT2D eigenvalue weighted by Crippen LogP contribution is -2.17. The molecule has 0 aliphatic heterocycles. The number of thiazole rings is 1. The number of para-hydroxylation sites is 1. The quantitative estimate of drug-likeness (QED) is 0.410. The van der Waals surface area contributed by atoms with Crippen molar-refractivity contribution in [1.29, 1.82) is 0 Å². The number of hydrogen-bond acceptors (Lipinski definition) is 3. The Bertz CT molecular complexity index is 1130. The maximum Gasteiger partial charge on any atom is 0.190 e. The Hall–Kier alpha value is -2.70. The van der Waals surface area contributed by atoms with Gasteiger partial charge >= 0.3 is 0 Å². The first-order valence-corrected chi connectivity index (χ1v) is 10.2. The minimum Gasteiger partial charge on any atom is -0.337 e. The zero-order valence-corrected chi connectivity index (χ0v) is 16.6. The molecule has 0 atom stereocenters. The lowest BCUT2D eigenvalue weighted by molar-refractivity contribution is 0.558. The van der Waals surface area contributed by atoms with E-state index in [1.165, 1.54) is 17.4 Å². The van der Waals surface area contributed by atoms with Gasteiger partial charge in [-0.05, 0) is 30.7 Å². The zero-order valence-electron chi connectivity index (χ0n) is 15.0. The molecule has 0 aliphatic rings. The molecule has 0 radical (unpaired) electrons. The molecule has 0 N–H and O–H groups in total. The first-order valence-electron chi connectivity index (χ1n) is 8.90. The van der Waals surface area contributed by atoms with Crippen molar-refractivity contribution >= 4 is 28.6 Å². The number of hydrogen-bond donors (Lipinski definition) is 0. The molecule has 7 heteroatoms. The highest BCUT2D eigenvalue weighted by atomic mass is 35.5. The number of halogens is 2. The van der Waals surface area contributed by atoms with Gasteiger partial charge in [-0.2, -0.15) is 0 Å². The van der Waals surface area contributed by atoms with Gasteiger partial charge in [0.2, 0.25) is 0 Å². The van der Waals surface area contributed by atoms with Crippen molar-refractivity contribution in [2.24, 2.45) is 4.99 Å². The third-order valence-corrected chi connectivity index (χ3v) is 5.44. The van der Waals surface area contributed by atoms with Crippen molar-refractivity contribution in [2.45, 2.75) is 19.5 Å². The molecule has 4 aromatic rings. The normalized spacial score (nSPS) is 11.9. The van der Waals surface area contributed by atoms with Crippen LogP contribution in [0.4, 0.5) is 10.1 Å². The Morgan fingerprint density at radius 2 is 2.00 bits per heavy atom. The fourth-order valence-corrected chi connectivity index (χ4v) is 4.13. The van der Waals surface area contributed by atoms with Crippen LogP contribution in [0.15, 0.2) is 77.6 Å². The van der Waals surface area contributed by atoms with Gasteiger partial charge in [0, 0.05) is 41.4 Å². The molecule has 2 aromatic heterocycles. The van der Waals surface area contributed by atoms with Crippen LogP contribution in [0.2, 0.25) is 5.02 Å². The van der Waals surface area contributed by atoms with Crippen LogP contribution in [0.5, 0.6) is 0 Å². The monoisotopic (exact) mass is 412 g/mol. The minimum atomic E-state index is -0.329. The van der Waals surface area contributed by atoms with Crippen LogP contribution in [-0.2, 0) is 13.1 Å². The second-order valence-electron chi connectivity index (χ2n) is 6.28. The average molecular weight is 413 g/mol. The van der Waals surface area contributed by atoms with E-state index in [9.17, 15) is 4.39 Å². The Labute approximate surface area is 171 Å². The number of benzene rings is 2. The molecule has 2 heterocycles. The number of nitrogens with zero attached hydrogens (tertiary/aromatic N) is 4. The second kappa shape index (κ2) is 8.54. The van der Waals surface area contributed by atoms with Crippen LogP contribution < -0.4 is 4.80 Å². The molecule has 2 aromatic carbocycles. The Morgan fingerprint density at radius 3 is 2.79 bits per heavy atom. The molecule has 142 valence electrons. The summed E-state index contributed by atoms with van der Waals surface area (Å²) in [6, 6.07) is 14.3. The van der Waals surface area contributed by atoms with E-state index in [-0.39, 0.29) is 5.82 Å². The van der Waals surface area contributed by atoms with E-state index in [1.54, 1.807) is 30.7 Å². The van der Waals surface area contributed by atoms with Crippen LogP contribution in [0.1, 0.15) is 6.42 Å². The second-order valence-corrected chi connectivity index (χ2v) is 7.56. The first-order chi connectivity index (χ1) is 13.7. The summed E-state index contributed by atoms with van der Waals surface area (Å²) in [6.07, 6.45) is 6.42. The van der Waals surface area contributed by atoms with Crippen LogP contribution in [0.25, 0.3) is 11.3 Å². The summed E-state index contributed by atoms with van der Waals surface area (Å²) in [5, 5.41) is 2.73. The molecule has 4 rings (SSSR count). The van der Waals surface area contributed by atoms with Crippen molar-refractivity contribution in [2.75, 3.05) is 0 Å². The fraction of sp³-hybridized carbons (Fsp3) is 0.143. The molecule has 0 aliphatic carbocycles. The predicted molar refractivity (Wildman–Crippen MR) is 111 cm³/mol. The van der Waals surface area contributed by atoms with Crippen molar-refractivity contribution < 1.29 is 4.39 Å². The zero-order chi connectivity index (χ0) is 19.3. The van der Waals surface area contributed by atoms with Crippen LogP contribution in [-0.4, -0.2) is 14.1 Å². The molecule has 28 heavy (non-hydrogen) atoms. The molecular weight excluding hydrogens is 395 g/mol. The van der Waals surface area contributed by atoms with Crippen molar-refractivity contribution in [3.63, 3.8) is 0 Å². The van der Waals surface area contributed by atoms with Gasteiger partial charge in [-0.3, -0.25) is 0 Å². The number of aryl methyl sites for hydroxylation is 1. The maximum atomic E-state index is 14.1. The van der Waals surface area contributed by atoms with E-state index in [1.807, 2.05) is 40.4 Å². The summed E-state index contributed by atoms with van der Waals surface area (Å²) < 4.78 is 18.3. The van der Waals surface area contributed by atoms with Gasteiger partial charge in [-0.25, -0.2) is 14.4 Å². The molecule has 0 spiro atoms. The van der Waals surface area contributed by atoms with E-state index >= 15 is 0 Å². The largest absolute Gasteiger partial charge is 0.337 e. The summed E-state index contributed by atoms with van der Waals surface area (Å²) in [5.74, 6) is -0.329. The fourth-order valence-electron chi connectivity index (χ4n) is 2.99. The standard InChI is InChI=1S/C21H18ClFN4S/c22-17-6-3-5-16(13-17)20-14-28-21(25-19-8-2-1-7-18(19)23)27(20)11-4-10-26-12-9-24-15-26/h1-3,5-9,12-15H,4,10-11H2. The third kappa shape index (κ3) is 4.24. The summed E-state index contributed by atoms with van der Waals surface area (Å²) in [6.45, 7) is 1.59. The summed E-state index contributed by atoms with van der Waals surface area (Å²) in [5.41, 5.74) is 2.37. The first kappa shape index (κ1) is 18.7. The van der Waals surface area contributed by atoms with Gasteiger partial charge in [-0.1, -0.05) is 35.9 Å². The maximum absolute atomic E-state index is 14.1. The minimum absolute atomic E-state index is 0.329. The number of rotatable bonds is 6. The summed E-state index contributed by atoms with van der Waals surface area (Å²) in [7, 11) is 0. The Balaban J connectivity index is 1.72. The van der Waals surface area contributed by atoms with Gasteiger partial charge in [0.25, 0.3) is 0 Å². The van der Waals surface area contributed by atoms with Gasteiger partial charge in [0.15, 0.2) is 4.80 Å². The van der Waals surface area contributed by atoms with Crippen molar-refractivity contribution in [1.82, 2.24) is 14.1 Å². The Morgan fingerprint density at radius 1 is 1.11 bits per heavy atom. The van der Waals surface area contributed by atoms with E-state index in [0.717, 1.165) is 35.6 Å². The van der Waals surface area contributed by atoms with E-state index in [0.29, 0.717) is 10.7 Å². The van der Waals surface area contributed by atoms with Crippen molar-refractivity contribution in [3.8, 4) is 11.3 Å². The molecule has 4 nitrogen and oxygen atoms in total. The topological polar surface area (TPSA) is 35.1 Å². The van der Waals surface area contributed by atoms with E-state index < -0.39 is 0 Å². The Kier molecular flexibility index (Phi) is 5.69. The lowest BCUT2D eigenvalue weighted by atomic mass is 10.2. The van der Waals surface area contributed by atoms with E-state index in [4.69, 9.17) is 11.6 Å². The molecule has 0 bridgehead atoms. The van der Waals surface area contributed by atoms with Crippen LogP contribution >= 0.6 is 22.9 Å². The number of aromatic nitrogens is 3. The van der Waals surface area contributed by atoms with Gasteiger partial charge in [0.1, 0.15) is 11.5 Å². The van der Waals surface area contributed by atoms with Gasteiger partial charge < -0.3 is 9.13 Å². The van der Waals surface area contributed by atoms with Crippen molar-refractivity contribution in [3.05, 3.63) is 88.3 Å². The molecule has 0 saturated carbocycles. The number of imidazole rings is 1. The van der Waals surface area contributed by atoms with Gasteiger partial charge in [0.05, 0.1) is 12.0 Å². The highest BCUT2D eigenvalue weighted by molar-refractivity contribution is 7.07.